The van der Waals surface area contributed by atoms with Gasteiger partial charge in [-0.3, -0.25) is 0 Å². The molecule has 0 spiro atoms. The maximum Gasteiger partial charge on any atom is 0.169 e. The smallest absolute Gasteiger partial charge is 0.169 e. The molecule has 4 heteroatoms. The summed E-state index contributed by atoms with van der Waals surface area (Å²) >= 11 is 3.31. The van der Waals surface area contributed by atoms with Crippen molar-refractivity contribution in [3.05, 3.63) is 63.9 Å². The van der Waals surface area contributed by atoms with Crippen molar-refractivity contribution in [3.8, 4) is 5.75 Å². The second kappa shape index (κ2) is 6.86. The number of rotatable bonds is 5. The third kappa shape index (κ3) is 4.05. The number of ether oxygens (including phenoxy) is 1. The molecule has 20 heavy (non-hydrogen) atoms. The van der Waals surface area contributed by atoms with E-state index in [4.69, 9.17) is 4.74 Å². The first-order chi connectivity index (χ1) is 9.56. The monoisotopic (exact) mass is 338 g/mol. The predicted octanol–water partition coefficient (Wildman–Crippen LogP) is 4.09. The summed E-state index contributed by atoms with van der Waals surface area (Å²) < 4.78 is 20.1. The number of halogens is 2. The molecule has 0 aromatic heterocycles. The molecule has 0 aliphatic carbocycles. The molecule has 1 unspecified atom stereocenters. The van der Waals surface area contributed by atoms with Gasteiger partial charge < -0.3 is 9.84 Å². The molecule has 0 heterocycles. The lowest BCUT2D eigenvalue weighted by Gasteiger charge is -2.12. The average molecular weight is 339 g/mol. The topological polar surface area (TPSA) is 29.5 Å². The summed E-state index contributed by atoms with van der Waals surface area (Å²) in [6.07, 6.45) is -0.0912. The van der Waals surface area contributed by atoms with Gasteiger partial charge in [0, 0.05) is 0 Å². The minimum absolute atomic E-state index is 0.197. The van der Waals surface area contributed by atoms with Crippen LogP contribution in [0.15, 0.2) is 46.9 Å². The maximum atomic E-state index is 14.0. The zero-order chi connectivity index (χ0) is 14.5. The zero-order valence-electron chi connectivity index (χ0n) is 11.1. The molecule has 0 aliphatic rings. The first-order valence-electron chi connectivity index (χ1n) is 6.39. The molecule has 1 atom stereocenters. The summed E-state index contributed by atoms with van der Waals surface area (Å²) in [4.78, 5) is 0. The highest BCUT2D eigenvalue weighted by molar-refractivity contribution is 9.10. The Kier molecular flexibility index (Phi) is 5.15. The molecule has 0 fully saturated rings. The summed E-state index contributed by atoms with van der Waals surface area (Å²) in [5.41, 5.74) is 1.71. The molecule has 0 aliphatic heterocycles. The van der Waals surface area contributed by atoms with Crippen LogP contribution in [0, 0.1) is 5.82 Å². The molecule has 2 nitrogen and oxygen atoms in total. The van der Waals surface area contributed by atoms with Crippen LogP contribution in [-0.2, 0) is 13.0 Å². The summed E-state index contributed by atoms with van der Waals surface area (Å²) in [5, 5.41) is 9.34. The molecule has 0 radical (unpaired) electrons. The highest BCUT2D eigenvalue weighted by atomic mass is 79.9. The van der Waals surface area contributed by atoms with Crippen molar-refractivity contribution in [1.29, 1.82) is 0 Å². The highest BCUT2D eigenvalue weighted by Gasteiger charge is 2.12. The van der Waals surface area contributed by atoms with E-state index in [0.29, 0.717) is 17.5 Å². The molecule has 0 saturated heterocycles. The first kappa shape index (κ1) is 15.0. The van der Waals surface area contributed by atoms with Crippen molar-refractivity contribution in [3.63, 3.8) is 0 Å². The lowest BCUT2D eigenvalue weighted by Crippen LogP contribution is -2.05. The van der Waals surface area contributed by atoms with Crippen LogP contribution in [0.3, 0.4) is 0 Å². The quantitative estimate of drug-likeness (QED) is 0.889. The molecule has 1 N–H and O–H groups in total. The van der Waals surface area contributed by atoms with Crippen molar-refractivity contribution < 1.29 is 14.2 Å². The SMILES string of the molecule is CC(O)Cc1cc(F)c(OCc2ccccc2)c(Br)c1. The molecule has 0 saturated carbocycles. The maximum absolute atomic E-state index is 14.0. The Balaban J connectivity index is 2.12. The Bertz CT molecular complexity index is 547. The van der Waals surface area contributed by atoms with Crippen molar-refractivity contribution in [2.24, 2.45) is 0 Å². The van der Waals surface area contributed by atoms with Crippen LogP contribution in [0.2, 0.25) is 0 Å². The van der Waals surface area contributed by atoms with Gasteiger partial charge in [-0.25, -0.2) is 4.39 Å². The normalized spacial score (nSPS) is 12.2. The third-order valence-electron chi connectivity index (χ3n) is 2.82. The second-order valence-electron chi connectivity index (χ2n) is 4.72. The lowest BCUT2D eigenvalue weighted by molar-refractivity contribution is 0.195. The Labute approximate surface area is 126 Å². The van der Waals surface area contributed by atoms with Crippen LogP contribution in [0.5, 0.6) is 5.75 Å². The van der Waals surface area contributed by atoms with Crippen LogP contribution in [0.1, 0.15) is 18.1 Å². The van der Waals surface area contributed by atoms with Crippen LogP contribution >= 0.6 is 15.9 Å². The summed E-state index contributed by atoms with van der Waals surface area (Å²) in [5.74, 6) is -0.228. The van der Waals surface area contributed by atoms with Gasteiger partial charge in [0.25, 0.3) is 0 Å². The first-order valence-corrected chi connectivity index (χ1v) is 7.18. The van der Waals surface area contributed by atoms with Crippen LogP contribution < -0.4 is 4.74 Å². The van der Waals surface area contributed by atoms with E-state index in [2.05, 4.69) is 15.9 Å². The Hall–Kier alpha value is -1.39. The molecule has 2 aromatic rings. The van der Waals surface area contributed by atoms with Crippen molar-refractivity contribution in [1.82, 2.24) is 0 Å². The van der Waals surface area contributed by atoms with E-state index in [1.807, 2.05) is 30.3 Å². The zero-order valence-corrected chi connectivity index (χ0v) is 12.7. The van der Waals surface area contributed by atoms with Gasteiger partial charge in [0.2, 0.25) is 0 Å². The number of hydrogen-bond acceptors (Lipinski definition) is 2. The van der Waals surface area contributed by atoms with Gasteiger partial charge in [-0.2, -0.15) is 0 Å². The summed E-state index contributed by atoms with van der Waals surface area (Å²) in [7, 11) is 0. The molecule has 106 valence electrons. The predicted molar refractivity (Wildman–Crippen MR) is 80.3 cm³/mol. The standard InChI is InChI=1S/C16H16BrFO2/c1-11(19)7-13-8-14(17)16(15(18)9-13)20-10-12-5-3-2-4-6-12/h2-6,8-9,11,19H,7,10H2,1H3. The van der Waals surface area contributed by atoms with Crippen molar-refractivity contribution in [2.75, 3.05) is 0 Å². The molecule has 2 aromatic carbocycles. The van der Waals surface area contributed by atoms with E-state index >= 15 is 0 Å². The number of benzene rings is 2. The number of aliphatic hydroxyl groups is 1. The van der Waals surface area contributed by atoms with E-state index in [0.717, 1.165) is 11.1 Å². The van der Waals surface area contributed by atoms with Crippen LogP contribution in [0.25, 0.3) is 0 Å². The largest absolute Gasteiger partial charge is 0.485 e. The van der Waals surface area contributed by atoms with Crippen LogP contribution in [-0.4, -0.2) is 11.2 Å². The van der Waals surface area contributed by atoms with E-state index in [1.165, 1.54) is 6.07 Å². The van der Waals surface area contributed by atoms with Crippen molar-refractivity contribution in [2.45, 2.75) is 26.1 Å². The number of hydrogen-bond donors (Lipinski definition) is 1. The lowest BCUT2D eigenvalue weighted by atomic mass is 10.1. The van der Waals surface area contributed by atoms with Gasteiger partial charge >= 0.3 is 0 Å². The van der Waals surface area contributed by atoms with Gasteiger partial charge in [0.15, 0.2) is 11.6 Å². The van der Waals surface area contributed by atoms with E-state index in [1.54, 1.807) is 13.0 Å². The molecule has 0 amide bonds. The molecular weight excluding hydrogens is 323 g/mol. The van der Waals surface area contributed by atoms with Crippen molar-refractivity contribution >= 4 is 15.9 Å². The van der Waals surface area contributed by atoms with E-state index in [-0.39, 0.29) is 5.75 Å². The Morgan fingerprint density at radius 1 is 1.20 bits per heavy atom. The molecule has 0 bridgehead atoms. The summed E-state index contributed by atoms with van der Waals surface area (Å²) in [6, 6.07) is 12.8. The third-order valence-corrected chi connectivity index (χ3v) is 3.40. The van der Waals surface area contributed by atoms with Gasteiger partial charge in [-0.05, 0) is 52.5 Å². The van der Waals surface area contributed by atoms with Gasteiger partial charge in [-0.1, -0.05) is 30.3 Å². The minimum atomic E-state index is -0.502. The van der Waals surface area contributed by atoms with Gasteiger partial charge in [-0.15, -0.1) is 0 Å². The fourth-order valence-electron chi connectivity index (χ4n) is 1.94. The molecule has 2 rings (SSSR count). The number of aliphatic hydroxyl groups excluding tert-OH is 1. The van der Waals surface area contributed by atoms with Gasteiger partial charge in [0.1, 0.15) is 6.61 Å². The minimum Gasteiger partial charge on any atom is -0.485 e. The molecular formula is C16H16BrFO2. The van der Waals surface area contributed by atoms with E-state index in [9.17, 15) is 9.50 Å². The van der Waals surface area contributed by atoms with E-state index < -0.39 is 11.9 Å². The Morgan fingerprint density at radius 2 is 1.90 bits per heavy atom. The second-order valence-corrected chi connectivity index (χ2v) is 5.57. The Morgan fingerprint density at radius 3 is 2.50 bits per heavy atom. The average Bonchev–Trinajstić information content (AvgIpc) is 2.38. The highest BCUT2D eigenvalue weighted by Crippen LogP contribution is 2.30. The fourth-order valence-corrected chi connectivity index (χ4v) is 2.54. The summed E-state index contributed by atoms with van der Waals surface area (Å²) in [6.45, 7) is 1.98. The fraction of sp³-hybridized carbons (Fsp3) is 0.250. The van der Waals surface area contributed by atoms with Gasteiger partial charge in [0.05, 0.1) is 10.6 Å². The van der Waals surface area contributed by atoms with Crippen LogP contribution in [0.4, 0.5) is 4.39 Å².